The van der Waals surface area contributed by atoms with Crippen molar-refractivity contribution in [2.75, 3.05) is 20.2 Å². The number of aromatic nitrogens is 3. The van der Waals surface area contributed by atoms with Crippen molar-refractivity contribution in [3.63, 3.8) is 0 Å². The second kappa shape index (κ2) is 6.97. The van der Waals surface area contributed by atoms with Crippen LogP contribution in [0.4, 0.5) is 4.79 Å². The van der Waals surface area contributed by atoms with Gasteiger partial charge in [-0.05, 0) is 62.4 Å². The number of hydrogen-bond donors (Lipinski definition) is 1. The number of fused-ring (bicyclic) bond motifs is 3. The summed E-state index contributed by atoms with van der Waals surface area (Å²) in [6.07, 6.45) is 7.41. The molecule has 1 atom stereocenters. The van der Waals surface area contributed by atoms with Crippen molar-refractivity contribution < 1.29 is 9.53 Å². The van der Waals surface area contributed by atoms with Crippen molar-refractivity contribution in [1.29, 1.82) is 0 Å². The minimum atomic E-state index is 0.0235. The van der Waals surface area contributed by atoms with Crippen molar-refractivity contribution in [3.05, 3.63) is 42.2 Å². The zero-order valence-corrected chi connectivity index (χ0v) is 17.8. The summed E-state index contributed by atoms with van der Waals surface area (Å²) in [7, 11) is 1.68. The molecular formula is C24H27N5O2. The maximum absolute atomic E-state index is 12.7. The van der Waals surface area contributed by atoms with Crippen molar-refractivity contribution in [2.45, 2.75) is 50.1 Å². The third-order valence-corrected chi connectivity index (χ3v) is 7.38. The smallest absolute Gasteiger partial charge is 0.317 e. The van der Waals surface area contributed by atoms with Crippen LogP contribution in [0.2, 0.25) is 0 Å². The number of aryl methyl sites for hydroxylation is 1. The van der Waals surface area contributed by atoms with Crippen molar-refractivity contribution >= 4 is 16.9 Å². The first-order valence-corrected chi connectivity index (χ1v) is 11.2. The van der Waals surface area contributed by atoms with Gasteiger partial charge in [-0.1, -0.05) is 0 Å². The Morgan fingerprint density at radius 2 is 2.06 bits per heavy atom. The van der Waals surface area contributed by atoms with Crippen LogP contribution in [0.25, 0.3) is 22.2 Å². The molecule has 2 amide bonds. The molecule has 1 N–H and O–H groups in total. The van der Waals surface area contributed by atoms with E-state index in [2.05, 4.69) is 27.1 Å². The highest BCUT2D eigenvalue weighted by Gasteiger charge is 2.47. The molecule has 160 valence electrons. The molecular weight excluding hydrogens is 390 g/mol. The maximum Gasteiger partial charge on any atom is 0.317 e. The van der Waals surface area contributed by atoms with Crippen LogP contribution < -0.4 is 10.1 Å². The molecule has 0 bridgehead atoms. The first kappa shape index (κ1) is 18.7. The van der Waals surface area contributed by atoms with Crippen LogP contribution in [0, 0.1) is 0 Å². The highest BCUT2D eigenvalue weighted by Crippen LogP contribution is 2.44. The number of amides is 2. The monoisotopic (exact) mass is 417 g/mol. The van der Waals surface area contributed by atoms with Crippen LogP contribution in [-0.4, -0.2) is 51.9 Å². The van der Waals surface area contributed by atoms with Crippen LogP contribution in [0.3, 0.4) is 0 Å². The van der Waals surface area contributed by atoms with Gasteiger partial charge in [-0.2, -0.15) is 5.10 Å². The van der Waals surface area contributed by atoms with Crippen LogP contribution in [-0.2, 0) is 12.0 Å². The summed E-state index contributed by atoms with van der Waals surface area (Å²) in [5, 5.41) is 9.13. The van der Waals surface area contributed by atoms with E-state index in [1.807, 2.05) is 29.3 Å². The van der Waals surface area contributed by atoms with E-state index in [0.29, 0.717) is 6.04 Å². The molecule has 4 heterocycles. The first-order chi connectivity index (χ1) is 15.1. The Morgan fingerprint density at radius 3 is 2.87 bits per heavy atom. The van der Waals surface area contributed by atoms with Gasteiger partial charge in [0.25, 0.3) is 0 Å². The zero-order chi connectivity index (χ0) is 21.0. The molecule has 3 aliphatic rings. The number of likely N-dealkylation sites (tertiary alicyclic amines) is 1. The summed E-state index contributed by atoms with van der Waals surface area (Å²) < 4.78 is 7.50. The van der Waals surface area contributed by atoms with Crippen LogP contribution in [0.1, 0.15) is 37.8 Å². The van der Waals surface area contributed by atoms with E-state index >= 15 is 0 Å². The fraction of sp³-hybridized carbons (Fsp3) is 0.458. The summed E-state index contributed by atoms with van der Waals surface area (Å²) in [6, 6.07) is 10.7. The lowest BCUT2D eigenvalue weighted by Crippen LogP contribution is -2.47. The van der Waals surface area contributed by atoms with Crippen LogP contribution in [0.5, 0.6) is 5.75 Å². The van der Waals surface area contributed by atoms with E-state index < -0.39 is 0 Å². The standard InChI is InChI=1S/C24H27N5O2/c1-31-19-5-6-20-16(12-19)11-17(14-25-20)21-13-22-24(8-10-29(22)27-21)7-9-28(15-24)23(30)26-18-3-2-4-18/h5-6,11-14,18H,2-4,7-10,15H2,1H3,(H,26,30). The van der Waals surface area contributed by atoms with Gasteiger partial charge in [-0.3, -0.25) is 9.67 Å². The number of urea groups is 1. The SMILES string of the molecule is COc1ccc2ncc(-c3cc4n(n3)CCC43CCN(C(=O)NC4CCC4)C3)cc2c1. The Kier molecular flexibility index (Phi) is 4.20. The van der Waals surface area contributed by atoms with E-state index in [1.54, 1.807) is 7.11 Å². The van der Waals surface area contributed by atoms with Gasteiger partial charge in [0.2, 0.25) is 0 Å². The van der Waals surface area contributed by atoms with Crippen LogP contribution in [0.15, 0.2) is 36.5 Å². The predicted molar refractivity (Wildman–Crippen MR) is 118 cm³/mol. The fourth-order valence-corrected chi connectivity index (χ4v) is 5.26. The van der Waals surface area contributed by atoms with Gasteiger partial charge in [0.05, 0.1) is 18.3 Å². The highest BCUT2D eigenvalue weighted by molar-refractivity contribution is 5.84. The van der Waals surface area contributed by atoms with E-state index in [-0.39, 0.29) is 11.4 Å². The number of carbonyl (C=O) groups excluding carboxylic acids is 1. The fourth-order valence-electron chi connectivity index (χ4n) is 5.26. The summed E-state index contributed by atoms with van der Waals surface area (Å²) in [5.41, 5.74) is 4.18. The third-order valence-electron chi connectivity index (χ3n) is 7.38. The Bertz CT molecular complexity index is 1170. The lowest BCUT2D eigenvalue weighted by Gasteiger charge is -2.30. The molecule has 1 saturated carbocycles. The minimum absolute atomic E-state index is 0.0235. The molecule has 2 aliphatic heterocycles. The number of nitrogens with one attached hydrogen (secondary N) is 1. The molecule has 2 fully saturated rings. The summed E-state index contributed by atoms with van der Waals surface area (Å²) in [4.78, 5) is 19.3. The topological polar surface area (TPSA) is 72.3 Å². The molecule has 1 aromatic carbocycles. The molecule has 1 saturated heterocycles. The summed E-state index contributed by atoms with van der Waals surface area (Å²) in [6.45, 7) is 2.50. The average molecular weight is 418 g/mol. The molecule has 2 aromatic heterocycles. The number of nitrogens with zero attached hydrogens (tertiary/aromatic N) is 4. The van der Waals surface area contributed by atoms with Gasteiger partial charge in [0, 0.05) is 53.9 Å². The van der Waals surface area contributed by atoms with Crippen molar-refractivity contribution in [2.24, 2.45) is 0 Å². The molecule has 7 nitrogen and oxygen atoms in total. The van der Waals surface area contributed by atoms with E-state index in [9.17, 15) is 4.79 Å². The lowest BCUT2D eigenvalue weighted by molar-refractivity contribution is 0.193. The number of benzene rings is 1. The largest absolute Gasteiger partial charge is 0.497 e. The second-order valence-electron chi connectivity index (χ2n) is 9.20. The first-order valence-electron chi connectivity index (χ1n) is 11.2. The highest BCUT2D eigenvalue weighted by atomic mass is 16.5. The quantitative estimate of drug-likeness (QED) is 0.705. The normalized spacial score (nSPS) is 22.7. The van der Waals surface area contributed by atoms with Gasteiger partial charge < -0.3 is 15.0 Å². The molecule has 31 heavy (non-hydrogen) atoms. The lowest BCUT2D eigenvalue weighted by atomic mass is 9.82. The molecule has 0 radical (unpaired) electrons. The van der Waals surface area contributed by atoms with Gasteiger partial charge in [0.1, 0.15) is 5.75 Å². The third kappa shape index (κ3) is 3.06. The Labute approximate surface area is 181 Å². The number of pyridine rings is 1. The van der Waals surface area contributed by atoms with Gasteiger partial charge >= 0.3 is 6.03 Å². The molecule has 6 rings (SSSR count). The second-order valence-corrected chi connectivity index (χ2v) is 9.20. The van der Waals surface area contributed by atoms with Gasteiger partial charge in [-0.25, -0.2) is 4.79 Å². The maximum atomic E-state index is 12.7. The number of hydrogen-bond acceptors (Lipinski definition) is 4. The number of ether oxygens (including phenoxy) is 1. The molecule has 3 aromatic rings. The van der Waals surface area contributed by atoms with E-state index in [0.717, 1.165) is 73.2 Å². The molecule has 1 unspecified atom stereocenters. The number of rotatable bonds is 3. The zero-order valence-electron chi connectivity index (χ0n) is 17.8. The average Bonchev–Trinajstić information content (AvgIpc) is 3.46. The molecule has 1 aliphatic carbocycles. The van der Waals surface area contributed by atoms with Gasteiger partial charge in [0.15, 0.2) is 0 Å². The van der Waals surface area contributed by atoms with Crippen molar-refractivity contribution in [3.8, 4) is 17.0 Å². The predicted octanol–water partition coefficient (Wildman–Crippen LogP) is 3.72. The molecule has 7 heteroatoms. The van der Waals surface area contributed by atoms with E-state index in [4.69, 9.17) is 9.84 Å². The summed E-state index contributed by atoms with van der Waals surface area (Å²) >= 11 is 0. The Morgan fingerprint density at radius 1 is 1.19 bits per heavy atom. The Hall–Kier alpha value is -3.09. The number of carbonyl (C=O) groups is 1. The minimum Gasteiger partial charge on any atom is -0.497 e. The van der Waals surface area contributed by atoms with E-state index in [1.165, 1.54) is 12.1 Å². The summed E-state index contributed by atoms with van der Waals surface area (Å²) in [5.74, 6) is 0.823. The van der Waals surface area contributed by atoms with Crippen LogP contribution >= 0.6 is 0 Å². The van der Waals surface area contributed by atoms with Gasteiger partial charge in [-0.15, -0.1) is 0 Å². The molecule has 1 spiro atoms. The van der Waals surface area contributed by atoms with Crippen molar-refractivity contribution in [1.82, 2.24) is 25.0 Å². The Balaban J connectivity index is 1.26. The number of methoxy groups -OCH3 is 1.